The first-order valence-electron chi connectivity index (χ1n) is 12.2. The number of primary amides is 2. The van der Waals surface area contributed by atoms with Crippen molar-refractivity contribution in [3.8, 4) is 5.69 Å². The zero-order valence-electron chi connectivity index (χ0n) is 20.7. The predicted molar refractivity (Wildman–Crippen MR) is 140 cm³/mol. The van der Waals surface area contributed by atoms with Crippen molar-refractivity contribution in [2.75, 3.05) is 0 Å². The van der Waals surface area contributed by atoms with E-state index in [4.69, 9.17) is 22.3 Å². The molecule has 5 rings (SSSR count). The number of hydrogen-bond acceptors (Lipinski definition) is 5. The van der Waals surface area contributed by atoms with Crippen molar-refractivity contribution in [2.24, 2.45) is 17.2 Å². The van der Waals surface area contributed by atoms with Gasteiger partial charge in [0.15, 0.2) is 0 Å². The lowest BCUT2D eigenvalue weighted by molar-refractivity contribution is 0.0991. The molecule has 38 heavy (non-hydrogen) atoms. The largest absolute Gasteiger partial charge is 0.366 e. The van der Waals surface area contributed by atoms with Crippen LogP contribution in [-0.2, 0) is 18.3 Å². The van der Waals surface area contributed by atoms with E-state index in [9.17, 15) is 18.8 Å². The number of carbonyl (C=O) groups excluding carboxylic acids is 2. The van der Waals surface area contributed by atoms with Crippen LogP contribution in [0.2, 0.25) is 0 Å². The molecule has 9 nitrogen and oxygen atoms in total. The number of nitrogens with two attached hydrogens (primary N) is 3. The standard InChI is InChI=1S/C28H27FN6O3/c1-15(30)14-28(26-33-27(38)35(34-26)21-8-6-20(29)7-9-21)22-10-4-18(24(31)36)12-16(22)2-3-17-13-19(25(32)37)5-11-23(17)28/h4-13,15H,2-3,14,30H2,1H3,(H2,31,36)(H2,32,37)(H,33,34,38)/t15-/m0/s1. The first-order valence-corrected chi connectivity index (χ1v) is 12.2. The molecule has 0 bridgehead atoms. The van der Waals surface area contributed by atoms with Gasteiger partial charge < -0.3 is 17.2 Å². The first-order chi connectivity index (χ1) is 18.1. The van der Waals surface area contributed by atoms with Crippen molar-refractivity contribution in [3.05, 3.63) is 116 Å². The zero-order valence-corrected chi connectivity index (χ0v) is 20.7. The van der Waals surface area contributed by atoms with E-state index < -0.39 is 28.7 Å². The molecule has 1 aliphatic carbocycles. The van der Waals surface area contributed by atoms with Crippen molar-refractivity contribution in [1.29, 1.82) is 0 Å². The van der Waals surface area contributed by atoms with Crippen LogP contribution in [0.5, 0.6) is 0 Å². The number of nitrogens with one attached hydrogen (secondary N) is 1. The van der Waals surface area contributed by atoms with Gasteiger partial charge in [-0.1, -0.05) is 12.1 Å². The third-order valence-corrected chi connectivity index (χ3v) is 7.08. The van der Waals surface area contributed by atoms with E-state index in [-0.39, 0.29) is 6.04 Å². The van der Waals surface area contributed by atoms with Gasteiger partial charge in [0.25, 0.3) is 0 Å². The first kappa shape index (κ1) is 25.1. The minimum atomic E-state index is -1.05. The number of H-pyrrole nitrogens is 1. The topological polar surface area (TPSA) is 163 Å². The van der Waals surface area contributed by atoms with E-state index in [1.54, 1.807) is 24.3 Å². The van der Waals surface area contributed by atoms with Gasteiger partial charge in [-0.25, -0.2) is 9.18 Å². The van der Waals surface area contributed by atoms with Crippen LogP contribution in [0.3, 0.4) is 0 Å². The second-order valence-electron chi connectivity index (χ2n) is 9.73. The Bertz CT molecular complexity index is 1560. The Kier molecular flexibility index (Phi) is 6.20. The highest BCUT2D eigenvalue weighted by Gasteiger charge is 2.45. The Morgan fingerprint density at radius 2 is 1.50 bits per heavy atom. The fourth-order valence-electron chi connectivity index (χ4n) is 5.48. The molecule has 1 atom stereocenters. The summed E-state index contributed by atoms with van der Waals surface area (Å²) in [5, 5.41) is 4.70. The molecule has 4 aromatic rings. The summed E-state index contributed by atoms with van der Waals surface area (Å²) in [5.41, 5.74) is 20.4. The van der Waals surface area contributed by atoms with Gasteiger partial charge in [0, 0.05) is 17.2 Å². The summed E-state index contributed by atoms with van der Waals surface area (Å²) < 4.78 is 14.7. The predicted octanol–water partition coefficient (Wildman–Crippen LogP) is 2.07. The van der Waals surface area contributed by atoms with Crippen molar-refractivity contribution in [1.82, 2.24) is 14.8 Å². The number of rotatable bonds is 6. The molecule has 194 valence electrons. The molecule has 0 fully saturated rings. The van der Waals surface area contributed by atoms with Gasteiger partial charge in [-0.05, 0) is 97.0 Å². The van der Waals surface area contributed by atoms with Crippen LogP contribution in [-0.4, -0.2) is 32.6 Å². The Morgan fingerprint density at radius 1 is 0.974 bits per heavy atom. The van der Waals surface area contributed by atoms with Gasteiger partial charge in [0.1, 0.15) is 11.6 Å². The Labute approximate surface area is 217 Å². The van der Waals surface area contributed by atoms with Crippen LogP contribution in [0.25, 0.3) is 5.69 Å². The maximum Gasteiger partial charge on any atom is 0.348 e. The molecular formula is C28H27FN6O3. The monoisotopic (exact) mass is 514 g/mol. The van der Waals surface area contributed by atoms with Crippen LogP contribution in [0.4, 0.5) is 4.39 Å². The lowest BCUT2D eigenvalue weighted by atomic mass is 9.68. The van der Waals surface area contributed by atoms with Gasteiger partial charge >= 0.3 is 5.69 Å². The maximum atomic E-state index is 13.6. The molecule has 0 saturated heterocycles. The number of carbonyl (C=O) groups is 2. The number of hydrogen-bond donors (Lipinski definition) is 4. The van der Waals surface area contributed by atoms with Crippen LogP contribution in [0, 0.1) is 5.82 Å². The van der Waals surface area contributed by atoms with Crippen molar-refractivity contribution in [3.63, 3.8) is 0 Å². The van der Waals surface area contributed by atoms with Crippen LogP contribution in [0.15, 0.2) is 65.5 Å². The van der Waals surface area contributed by atoms with Crippen LogP contribution < -0.4 is 22.9 Å². The van der Waals surface area contributed by atoms with Crippen LogP contribution in [0.1, 0.15) is 62.1 Å². The lowest BCUT2D eigenvalue weighted by Gasteiger charge is -2.36. The SMILES string of the molecule is C[C@H](N)CC1(c2nn(-c3ccc(F)cc3)c(=O)[nH]2)c2ccc(C(N)=O)cc2CCc2cc(C(N)=O)ccc21. The average molecular weight is 515 g/mol. The van der Waals surface area contributed by atoms with Crippen molar-refractivity contribution >= 4 is 11.8 Å². The average Bonchev–Trinajstić information content (AvgIpc) is 3.21. The molecule has 10 heteroatoms. The normalized spacial score (nSPS) is 14.7. The number of nitrogens with zero attached hydrogens (tertiary/aromatic N) is 2. The Balaban J connectivity index is 1.85. The maximum absolute atomic E-state index is 13.6. The molecule has 0 saturated carbocycles. The summed E-state index contributed by atoms with van der Waals surface area (Å²) in [4.78, 5) is 40.1. The van der Waals surface area contributed by atoms with Gasteiger partial charge in [-0.15, -0.1) is 5.10 Å². The highest BCUT2D eigenvalue weighted by molar-refractivity contribution is 5.94. The van der Waals surface area contributed by atoms with E-state index in [0.29, 0.717) is 41.9 Å². The highest BCUT2D eigenvalue weighted by atomic mass is 19.1. The smallest absolute Gasteiger partial charge is 0.348 e. The summed E-state index contributed by atoms with van der Waals surface area (Å²) in [6, 6.07) is 15.5. The molecule has 1 aliphatic rings. The molecule has 1 heterocycles. The molecule has 3 aromatic carbocycles. The molecule has 0 spiro atoms. The number of benzene rings is 3. The van der Waals surface area contributed by atoms with Gasteiger partial charge in [0.05, 0.1) is 11.1 Å². The fraction of sp³-hybridized carbons (Fsp3) is 0.214. The number of fused-ring (bicyclic) bond motifs is 2. The number of halogens is 1. The minimum Gasteiger partial charge on any atom is -0.366 e. The molecule has 0 aliphatic heterocycles. The van der Waals surface area contributed by atoms with E-state index in [1.807, 2.05) is 19.1 Å². The molecule has 0 unspecified atom stereocenters. The molecule has 0 radical (unpaired) electrons. The van der Waals surface area contributed by atoms with Gasteiger partial charge in [0.2, 0.25) is 11.8 Å². The van der Waals surface area contributed by atoms with Crippen molar-refractivity contribution in [2.45, 2.75) is 37.6 Å². The van der Waals surface area contributed by atoms with E-state index in [0.717, 1.165) is 22.3 Å². The summed E-state index contributed by atoms with van der Waals surface area (Å²) in [5.74, 6) is -1.23. The van der Waals surface area contributed by atoms with Crippen LogP contribution >= 0.6 is 0 Å². The van der Waals surface area contributed by atoms with Crippen molar-refractivity contribution < 1.29 is 14.0 Å². The van der Waals surface area contributed by atoms with E-state index >= 15 is 0 Å². The zero-order chi connectivity index (χ0) is 27.2. The lowest BCUT2D eigenvalue weighted by Crippen LogP contribution is -2.38. The quantitative estimate of drug-likeness (QED) is 0.309. The number of aromatic nitrogens is 3. The van der Waals surface area contributed by atoms with E-state index in [2.05, 4.69) is 4.98 Å². The summed E-state index contributed by atoms with van der Waals surface area (Å²) in [7, 11) is 0. The third kappa shape index (κ3) is 4.18. The molecule has 1 aromatic heterocycles. The molecular weight excluding hydrogens is 487 g/mol. The number of aromatic amines is 1. The summed E-state index contributed by atoms with van der Waals surface area (Å²) in [6.07, 6.45) is 1.42. The van der Waals surface area contributed by atoms with Gasteiger partial charge in [-0.2, -0.15) is 4.68 Å². The fourth-order valence-corrected chi connectivity index (χ4v) is 5.48. The van der Waals surface area contributed by atoms with Gasteiger partial charge in [-0.3, -0.25) is 14.6 Å². The second-order valence-corrected chi connectivity index (χ2v) is 9.73. The number of amides is 2. The summed E-state index contributed by atoms with van der Waals surface area (Å²) in [6.45, 7) is 1.86. The Hall–Kier alpha value is -4.57. The second kappa shape index (κ2) is 9.38. The minimum absolute atomic E-state index is 0.326. The summed E-state index contributed by atoms with van der Waals surface area (Å²) >= 11 is 0. The van der Waals surface area contributed by atoms with E-state index in [1.165, 1.54) is 28.9 Å². The highest BCUT2D eigenvalue weighted by Crippen LogP contribution is 2.46. The third-order valence-electron chi connectivity index (χ3n) is 7.08. The Morgan fingerprint density at radius 3 is 1.97 bits per heavy atom. The molecule has 7 N–H and O–H groups in total. The number of aryl methyl sites for hydroxylation is 2. The molecule has 2 amide bonds.